The number of nitrogens with two attached hydrogens (primary N) is 1. The van der Waals surface area contributed by atoms with Gasteiger partial charge in [-0.15, -0.1) is 0 Å². The zero-order chi connectivity index (χ0) is 17.2. The van der Waals surface area contributed by atoms with Gasteiger partial charge < -0.3 is 10.6 Å². The smallest absolute Gasteiger partial charge is 0.398 e. The van der Waals surface area contributed by atoms with E-state index in [0.717, 1.165) is 12.1 Å². The molecule has 7 heteroatoms. The molecule has 0 aromatic heterocycles. The summed E-state index contributed by atoms with van der Waals surface area (Å²) in [4.78, 5) is 13.5. The molecule has 23 heavy (non-hydrogen) atoms. The molecule has 0 fully saturated rings. The minimum atomic E-state index is -4.53. The SMILES string of the molecule is CN(Cc1ccccc1F)C(=O)c1ccc(C(F)(F)F)cc1N. The number of carbonyl (C=O) groups is 1. The summed E-state index contributed by atoms with van der Waals surface area (Å²) in [5, 5.41) is 0. The van der Waals surface area contributed by atoms with Gasteiger partial charge in [-0.1, -0.05) is 18.2 Å². The number of hydrogen-bond acceptors (Lipinski definition) is 2. The van der Waals surface area contributed by atoms with Crippen molar-refractivity contribution in [3.8, 4) is 0 Å². The Morgan fingerprint density at radius 3 is 2.39 bits per heavy atom. The second-order valence-electron chi connectivity index (χ2n) is 5.05. The predicted octanol–water partition coefficient (Wildman–Crippen LogP) is 3.70. The monoisotopic (exact) mass is 326 g/mol. The van der Waals surface area contributed by atoms with Crippen molar-refractivity contribution in [3.05, 3.63) is 65.0 Å². The Kier molecular flexibility index (Phi) is 4.58. The third kappa shape index (κ3) is 3.80. The second-order valence-corrected chi connectivity index (χ2v) is 5.05. The van der Waals surface area contributed by atoms with Gasteiger partial charge in [0.1, 0.15) is 5.82 Å². The largest absolute Gasteiger partial charge is 0.416 e. The van der Waals surface area contributed by atoms with E-state index in [1.165, 1.54) is 30.1 Å². The fraction of sp³-hybridized carbons (Fsp3) is 0.188. The van der Waals surface area contributed by atoms with Crippen LogP contribution < -0.4 is 5.73 Å². The first-order chi connectivity index (χ1) is 10.7. The van der Waals surface area contributed by atoms with Crippen molar-refractivity contribution in [3.63, 3.8) is 0 Å². The van der Waals surface area contributed by atoms with E-state index in [-0.39, 0.29) is 17.8 Å². The fourth-order valence-corrected chi connectivity index (χ4v) is 2.09. The Hall–Kier alpha value is -2.57. The molecular weight excluding hydrogens is 312 g/mol. The molecule has 2 rings (SSSR count). The van der Waals surface area contributed by atoms with Crippen LogP contribution >= 0.6 is 0 Å². The number of benzene rings is 2. The summed E-state index contributed by atoms with van der Waals surface area (Å²) in [5.41, 5.74) is 4.60. The van der Waals surface area contributed by atoms with Crippen LogP contribution in [0.1, 0.15) is 21.5 Å². The van der Waals surface area contributed by atoms with Crippen molar-refractivity contribution in [2.75, 3.05) is 12.8 Å². The summed E-state index contributed by atoms with van der Waals surface area (Å²) >= 11 is 0. The van der Waals surface area contributed by atoms with Gasteiger partial charge in [0, 0.05) is 24.8 Å². The molecule has 0 unspecified atom stereocenters. The van der Waals surface area contributed by atoms with Gasteiger partial charge in [0.05, 0.1) is 11.1 Å². The topological polar surface area (TPSA) is 46.3 Å². The maximum absolute atomic E-state index is 13.6. The molecule has 2 N–H and O–H groups in total. The molecule has 3 nitrogen and oxygen atoms in total. The van der Waals surface area contributed by atoms with E-state index in [1.54, 1.807) is 6.07 Å². The van der Waals surface area contributed by atoms with Crippen molar-refractivity contribution in [2.24, 2.45) is 0 Å². The van der Waals surface area contributed by atoms with Crippen molar-refractivity contribution in [1.82, 2.24) is 4.90 Å². The van der Waals surface area contributed by atoms with E-state index >= 15 is 0 Å². The van der Waals surface area contributed by atoms with Crippen molar-refractivity contribution in [1.29, 1.82) is 0 Å². The third-order valence-corrected chi connectivity index (χ3v) is 3.32. The Bertz CT molecular complexity index is 728. The van der Waals surface area contributed by atoms with Crippen molar-refractivity contribution >= 4 is 11.6 Å². The van der Waals surface area contributed by atoms with Crippen LogP contribution in [0.3, 0.4) is 0 Å². The summed E-state index contributed by atoms with van der Waals surface area (Å²) in [6.45, 7) is -0.0219. The minimum absolute atomic E-state index is 0.0219. The van der Waals surface area contributed by atoms with Gasteiger partial charge in [-0.25, -0.2) is 4.39 Å². The van der Waals surface area contributed by atoms with Crippen LogP contribution in [0.2, 0.25) is 0 Å². The second kappa shape index (κ2) is 6.28. The summed E-state index contributed by atoms with van der Waals surface area (Å²) in [6.07, 6.45) is -4.53. The molecule has 1 amide bonds. The normalized spacial score (nSPS) is 11.3. The molecule has 0 atom stereocenters. The number of halogens is 4. The molecule has 0 heterocycles. The highest BCUT2D eigenvalue weighted by Gasteiger charge is 2.31. The summed E-state index contributed by atoms with van der Waals surface area (Å²) in [5.74, 6) is -1.05. The van der Waals surface area contributed by atoms with Crippen LogP contribution in [0.4, 0.5) is 23.2 Å². The number of rotatable bonds is 3. The molecule has 0 aliphatic rings. The molecular formula is C16H14F4N2O. The molecule has 122 valence electrons. The number of alkyl halides is 3. The van der Waals surface area contributed by atoms with Crippen LogP contribution in [0.5, 0.6) is 0 Å². The molecule has 2 aromatic rings. The standard InChI is InChI=1S/C16H14F4N2O/c1-22(9-10-4-2-3-5-13(10)17)15(23)12-7-6-11(8-14(12)21)16(18,19)20/h2-8H,9,21H2,1H3. The van der Waals surface area contributed by atoms with Crippen molar-refractivity contribution < 1.29 is 22.4 Å². The van der Waals surface area contributed by atoms with Crippen LogP contribution in [0.15, 0.2) is 42.5 Å². The van der Waals surface area contributed by atoms with Crippen molar-refractivity contribution in [2.45, 2.75) is 12.7 Å². The summed E-state index contributed by atoms with van der Waals surface area (Å²) in [6, 6.07) is 8.47. The maximum Gasteiger partial charge on any atom is 0.416 e. The summed E-state index contributed by atoms with van der Waals surface area (Å²) in [7, 11) is 1.42. The van der Waals surface area contributed by atoms with Crippen LogP contribution in [0.25, 0.3) is 0 Å². The average molecular weight is 326 g/mol. The molecule has 0 aliphatic heterocycles. The number of hydrogen-bond donors (Lipinski definition) is 1. The first-order valence-electron chi connectivity index (χ1n) is 6.65. The molecule has 0 saturated carbocycles. The number of nitrogens with zero attached hydrogens (tertiary/aromatic N) is 1. The van der Waals surface area contributed by atoms with Gasteiger partial charge in [-0.2, -0.15) is 13.2 Å². The Morgan fingerprint density at radius 2 is 1.83 bits per heavy atom. The van der Waals surface area contributed by atoms with Gasteiger partial charge in [-0.05, 0) is 24.3 Å². The quantitative estimate of drug-likeness (QED) is 0.690. The predicted molar refractivity (Wildman–Crippen MR) is 78.1 cm³/mol. The van der Waals surface area contributed by atoms with E-state index in [9.17, 15) is 22.4 Å². The van der Waals surface area contributed by atoms with Crippen LogP contribution in [-0.2, 0) is 12.7 Å². The minimum Gasteiger partial charge on any atom is -0.398 e. The zero-order valence-electron chi connectivity index (χ0n) is 12.2. The molecule has 0 aliphatic carbocycles. The van der Waals surface area contributed by atoms with Gasteiger partial charge in [0.2, 0.25) is 0 Å². The molecule has 0 bridgehead atoms. The van der Waals surface area contributed by atoms with E-state index in [4.69, 9.17) is 5.73 Å². The fourth-order valence-electron chi connectivity index (χ4n) is 2.09. The Balaban J connectivity index is 2.22. The lowest BCUT2D eigenvalue weighted by Gasteiger charge is -2.19. The van der Waals surface area contributed by atoms with E-state index in [2.05, 4.69) is 0 Å². The lowest BCUT2D eigenvalue weighted by Crippen LogP contribution is -2.27. The van der Waals surface area contributed by atoms with E-state index < -0.39 is 23.5 Å². The Labute approximate surface area is 130 Å². The van der Waals surface area contributed by atoms with Crippen LogP contribution in [-0.4, -0.2) is 17.9 Å². The molecule has 0 saturated heterocycles. The molecule has 2 aromatic carbocycles. The maximum atomic E-state index is 13.6. The number of amides is 1. The summed E-state index contributed by atoms with van der Waals surface area (Å²) < 4.78 is 51.4. The lowest BCUT2D eigenvalue weighted by molar-refractivity contribution is -0.137. The van der Waals surface area contributed by atoms with Gasteiger partial charge in [0.15, 0.2) is 0 Å². The number of anilines is 1. The van der Waals surface area contributed by atoms with Gasteiger partial charge in [0.25, 0.3) is 5.91 Å². The first kappa shape index (κ1) is 16.8. The van der Waals surface area contributed by atoms with E-state index in [1.807, 2.05) is 0 Å². The van der Waals surface area contributed by atoms with Crippen LogP contribution in [0, 0.1) is 5.82 Å². The molecule has 0 radical (unpaired) electrons. The lowest BCUT2D eigenvalue weighted by atomic mass is 10.1. The highest BCUT2D eigenvalue weighted by molar-refractivity contribution is 5.99. The zero-order valence-corrected chi connectivity index (χ0v) is 12.2. The number of nitrogen functional groups attached to an aromatic ring is 1. The highest BCUT2D eigenvalue weighted by atomic mass is 19.4. The number of carbonyl (C=O) groups excluding carboxylic acids is 1. The third-order valence-electron chi connectivity index (χ3n) is 3.32. The van der Waals surface area contributed by atoms with Gasteiger partial charge in [-0.3, -0.25) is 4.79 Å². The molecule has 0 spiro atoms. The Morgan fingerprint density at radius 1 is 1.17 bits per heavy atom. The average Bonchev–Trinajstić information content (AvgIpc) is 2.48. The first-order valence-corrected chi connectivity index (χ1v) is 6.65. The van der Waals surface area contributed by atoms with Gasteiger partial charge >= 0.3 is 6.18 Å². The highest BCUT2D eigenvalue weighted by Crippen LogP contribution is 2.31. The van der Waals surface area contributed by atoms with E-state index in [0.29, 0.717) is 11.6 Å².